The monoisotopic (exact) mass is 439 g/mol. The minimum atomic E-state index is -0.259. The number of nitrogens with one attached hydrogen (secondary N) is 2. The maximum absolute atomic E-state index is 12.2. The van der Waals surface area contributed by atoms with E-state index in [0.717, 1.165) is 29.7 Å². The Hall–Kier alpha value is -2.96. The van der Waals surface area contributed by atoms with E-state index in [1.165, 1.54) is 29.9 Å². The van der Waals surface area contributed by atoms with Gasteiger partial charge in [-0.1, -0.05) is 54.1 Å². The standard InChI is InChI=1S/C23H22ClN3O2S/c1-16(28)25-14-4-5-17-8-10-19(11-9-17)21-15-30-23(26-21)27-22(29)13-12-18-6-2-3-7-20(18)24/h2-3,6-13,15H,4-5,14H2,1H3,(H,25,28)(H,26,27,29)/b13-12+. The van der Waals surface area contributed by atoms with Gasteiger partial charge in [0.2, 0.25) is 11.8 Å². The van der Waals surface area contributed by atoms with Crippen molar-refractivity contribution in [3.05, 3.63) is 76.1 Å². The van der Waals surface area contributed by atoms with E-state index >= 15 is 0 Å². The van der Waals surface area contributed by atoms with Crippen LogP contribution in [0, 0.1) is 0 Å². The SMILES string of the molecule is CC(=O)NCCCc1ccc(-c2csc(NC(=O)/C=C/c3ccccc3Cl)n2)cc1. The highest BCUT2D eigenvalue weighted by Crippen LogP contribution is 2.25. The molecule has 1 heterocycles. The van der Waals surface area contributed by atoms with E-state index < -0.39 is 0 Å². The van der Waals surface area contributed by atoms with Gasteiger partial charge in [0, 0.05) is 35.5 Å². The molecule has 154 valence electrons. The van der Waals surface area contributed by atoms with Crippen molar-refractivity contribution in [3.8, 4) is 11.3 Å². The summed E-state index contributed by atoms with van der Waals surface area (Å²) in [6, 6.07) is 15.5. The Kier molecular flexibility index (Phi) is 7.76. The molecule has 0 unspecified atom stereocenters. The van der Waals surface area contributed by atoms with Crippen LogP contribution in [0.15, 0.2) is 60.0 Å². The van der Waals surface area contributed by atoms with Gasteiger partial charge in [0.1, 0.15) is 0 Å². The highest BCUT2D eigenvalue weighted by molar-refractivity contribution is 7.14. The second kappa shape index (κ2) is 10.7. The van der Waals surface area contributed by atoms with Crippen molar-refractivity contribution in [2.75, 3.05) is 11.9 Å². The van der Waals surface area contributed by atoms with Crippen LogP contribution < -0.4 is 10.6 Å². The van der Waals surface area contributed by atoms with Gasteiger partial charge in [0.15, 0.2) is 5.13 Å². The molecule has 7 heteroatoms. The van der Waals surface area contributed by atoms with E-state index in [1.807, 2.05) is 35.7 Å². The molecule has 0 saturated heterocycles. The smallest absolute Gasteiger partial charge is 0.250 e. The number of benzene rings is 2. The minimum absolute atomic E-state index is 0.00358. The van der Waals surface area contributed by atoms with Crippen LogP contribution in [0.2, 0.25) is 5.02 Å². The van der Waals surface area contributed by atoms with Crippen LogP contribution in [-0.2, 0) is 16.0 Å². The van der Waals surface area contributed by atoms with Gasteiger partial charge in [-0.05, 0) is 36.1 Å². The lowest BCUT2D eigenvalue weighted by atomic mass is 10.1. The predicted octanol–water partition coefficient (Wildman–Crippen LogP) is 5.18. The van der Waals surface area contributed by atoms with Crippen molar-refractivity contribution in [1.29, 1.82) is 0 Å². The molecule has 2 amide bonds. The van der Waals surface area contributed by atoms with Crippen LogP contribution in [0.5, 0.6) is 0 Å². The molecule has 30 heavy (non-hydrogen) atoms. The maximum Gasteiger partial charge on any atom is 0.250 e. The highest BCUT2D eigenvalue weighted by atomic mass is 35.5. The van der Waals surface area contributed by atoms with Crippen LogP contribution in [0.1, 0.15) is 24.5 Å². The lowest BCUT2D eigenvalue weighted by Gasteiger charge is -2.04. The molecule has 0 aliphatic rings. The van der Waals surface area contributed by atoms with Crippen LogP contribution in [-0.4, -0.2) is 23.3 Å². The Balaban J connectivity index is 1.54. The van der Waals surface area contributed by atoms with Gasteiger partial charge in [0.25, 0.3) is 0 Å². The number of amides is 2. The summed E-state index contributed by atoms with van der Waals surface area (Å²) in [6.45, 7) is 2.20. The number of halogens is 1. The number of carbonyl (C=O) groups excluding carboxylic acids is 2. The first-order valence-electron chi connectivity index (χ1n) is 9.54. The zero-order valence-electron chi connectivity index (χ0n) is 16.5. The molecule has 0 aliphatic heterocycles. The molecule has 0 atom stereocenters. The average Bonchev–Trinajstić information content (AvgIpc) is 3.19. The molecule has 2 N–H and O–H groups in total. The van der Waals surface area contributed by atoms with Crippen molar-refractivity contribution in [1.82, 2.24) is 10.3 Å². The molecule has 3 rings (SSSR count). The van der Waals surface area contributed by atoms with Gasteiger partial charge in [-0.25, -0.2) is 4.98 Å². The molecular formula is C23H22ClN3O2S. The average molecular weight is 440 g/mol. The molecule has 1 aromatic heterocycles. The zero-order chi connectivity index (χ0) is 21.3. The number of hydrogen-bond donors (Lipinski definition) is 2. The first kappa shape index (κ1) is 21.7. The Labute approximate surface area is 184 Å². The summed E-state index contributed by atoms with van der Waals surface area (Å²) in [5.41, 5.74) is 3.79. The van der Waals surface area contributed by atoms with E-state index in [-0.39, 0.29) is 11.8 Å². The molecule has 5 nitrogen and oxygen atoms in total. The van der Waals surface area contributed by atoms with Gasteiger partial charge in [-0.15, -0.1) is 11.3 Å². The topological polar surface area (TPSA) is 71.1 Å². The third-order valence-electron chi connectivity index (χ3n) is 4.32. The lowest BCUT2D eigenvalue weighted by Crippen LogP contribution is -2.21. The number of nitrogens with zero attached hydrogens (tertiary/aromatic N) is 1. The fraction of sp³-hybridized carbons (Fsp3) is 0.174. The molecule has 0 radical (unpaired) electrons. The Morgan fingerprint density at radius 1 is 1.13 bits per heavy atom. The molecule has 0 fully saturated rings. The zero-order valence-corrected chi connectivity index (χ0v) is 18.1. The Morgan fingerprint density at radius 3 is 2.63 bits per heavy atom. The highest BCUT2D eigenvalue weighted by Gasteiger charge is 2.07. The van der Waals surface area contributed by atoms with Crippen LogP contribution in [0.25, 0.3) is 17.3 Å². The summed E-state index contributed by atoms with van der Waals surface area (Å²) in [7, 11) is 0. The van der Waals surface area contributed by atoms with E-state index in [0.29, 0.717) is 16.7 Å². The lowest BCUT2D eigenvalue weighted by molar-refractivity contribution is -0.119. The summed E-state index contributed by atoms with van der Waals surface area (Å²) in [4.78, 5) is 27.5. The van der Waals surface area contributed by atoms with Crippen molar-refractivity contribution < 1.29 is 9.59 Å². The third-order valence-corrected chi connectivity index (χ3v) is 5.42. The largest absolute Gasteiger partial charge is 0.356 e. The second-order valence-corrected chi connectivity index (χ2v) is 7.93. The minimum Gasteiger partial charge on any atom is -0.356 e. The first-order chi connectivity index (χ1) is 14.5. The van der Waals surface area contributed by atoms with Crippen molar-refractivity contribution >= 4 is 46.0 Å². The summed E-state index contributed by atoms with van der Waals surface area (Å²) in [6.07, 6.45) is 4.92. The molecule has 2 aromatic carbocycles. The van der Waals surface area contributed by atoms with Gasteiger partial charge >= 0.3 is 0 Å². The number of carbonyl (C=O) groups is 2. The summed E-state index contributed by atoms with van der Waals surface area (Å²) in [5.74, 6) is -0.263. The van der Waals surface area contributed by atoms with E-state index in [2.05, 4.69) is 27.8 Å². The van der Waals surface area contributed by atoms with Crippen LogP contribution in [0.4, 0.5) is 5.13 Å². The number of aromatic nitrogens is 1. The predicted molar refractivity (Wildman–Crippen MR) is 124 cm³/mol. The van der Waals surface area contributed by atoms with E-state index in [9.17, 15) is 9.59 Å². The molecule has 0 aliphatic carbocycles. The van der Waals surface area contributed by atoms with Crippen LogP contribution >= 0.6 is 22.9 Å². The van der Waals surface area contributed by atoms with Crippen molar-refractivity contribution in [2.45, 2.75) is 19.8 Å². The molecule has 0 spiro atoms. The van der Waals surface area contributed by atoms with E-state index in [1.54, 1.807) is 12.1 Å². The number of hydrogen-bond acceptors (Lipinski definition) is 4. The van der Waals surface area contributed by atoms with Crippen LogP contribution in [0.3, 0.4) is 0 Å². The Bertz CT molecular complexity index is 1040. The van der Waals surface area contributed by atoms with Gasteiger partial charge in [-0.2, -0.15) is 0 Å². The van der Waals surface area contributed by atoms with Gasteiger partial charge < -0.3 is 5.32 Å². The quantitative estimate of drug-likeness (QED) is 0.375. The van der Waals surface area contributed by atoms with Gasteiger partial charge in [-0.3, -0.25) is 14.9 Å². The van der Waals surface area contributed by atoms with Crippen molar-refractivity contribution in [2.24, 2.45) is 0 Å². The fourth-order valence-electron chi connectivity index (χ4n) is 2.79. The number of anilines is 1. The third kappa shape index (κ3) is 6.54. The normalized spacial score (nSPS) is 10.9. The van der Waals surface area contributed by atoms with Crippen molar-refractivity contribution in [3.63, 3.8) is 0 Å². The fourth-order valence-corrected chi connectivity index (χ4v) is 3.71. The maximum atomic E-state index is 12.2. The van der Waals surface area contributed by atoms with E-state index in [4.69, 9.17) is 11.6 Å². The Morgan fingerprint density at radius 2 is 1.90 bits per heavy atom. The summed E-state index contributed by atoms with van der Waals surface area (Å²) in [5, 5.41) is 8.63. The number of rotatable bonds is 8. The molecular weight excluding hydrogens is 418 g/mol. The summed E-state index contributed by atoms with van der Waals surface area (Å²) >= 11 is 7.47. The van der Waals surface area contributed by atoms with Gasteiger partial charge in [0.05, 0.1) is 5.69 Å². The molecule has 0 bridgehead atoms. The number of aryl methyl sites for hydroxylation is 1. The number of thiazole rings is 1. The second-order valence-electron chi connectivity index (χ2n) is 6.67. The molecule has 0 saturated carbocycles. The molecule has 3 aromatic rings. The summed E-state index contributed by atoms with van der Waals surface area (Å²) < 4.78 is 0. The first-order valence-corrected chi connectivity index (χ1v) is 10.8.